The van der Waals surface area contributed by atoms with Gasteiger partial charge in [0, 0.05) is 32.3 Å². The summed E-state index contributed by atoms with van der Waals surface area (Å²) in [5, 5.41) is 0.801. The zero-order chi connectivity index (χ0) is 26.3. The number of rotatable bonds is 12. The molecule has 196 valence electrons. The lowest BCUT2D eigenvalue weighted by Crippen LogP contribution is -2.33. The van der Waals surface area contributed by atoms with Crippen molar-refractivity contribution in [1.82, 2.24) is 8.87 Å². The Bertz CT molecular complexity index is 1360. The van der Waals surface area contributed by atoms with Gasteiger partial charge in [-0.05, 0) is 49.2 Å². The molecule has 0 N–H and O–H groups in total. The number of hydrogen-bond acceptors (Lipinski definition) is 5. The number of benzene rings is 2. The largest absolute Gasteiger partial charge is 0.383 e. The standard InChI is InChI=1S/C25H31Cl2N3O4S2/c1-4-6-14-29(15-7-5-2)36(32,33)19-10-8-18(9-11-19)24(31)28-25-30(16-17-34-3)23-21(35-25)13-12-20(26)22(23)27/h8-13H,4-7,14-17H2,1-3H3. The normalized spacial score (nSPS) is 12.7. The molecule has 0 atom stereocenters. The predicted octanol–water partition coefficient (Wildman–Crippen LogP) is 5.99. The first-order valence-corrected chi connectivity index (χ1v) is 14.9. The predicted molar refractivity (Wildman–Crippen MR) is 147 cm³/mol. The van der Waals surface area contributed by atoms with E-state index in [2.05, 4.69) is 4.99 Å². The van der Waals surface area contributed by atoms with Crippen LogP contribution in [-0.2, 0) is 21.3 Å². The Morgan fingerprint density at radius 2 is 1.69 bits per heavy atom. The number of carbonyl (C=O) groups excluding carboxylic acids is 1. The number of carbonyl (C=O) groups is 1. The van der Waals surface area contributed by atoms with E-state index in [1.165, 1.54) is 39.9 Å². The van der Waals surface area contributed by atoms with Crippen LogP contribution in [0.4, 0.5) is 0 Å². The van der Waals surface area contributed by atoms with E-state index in [1.54, 1.807) is 13.2 Å². The summed E-state index contributed by atoms with van der Waals surface area (Å²) in [6, 6.07) is 9.51. The maximum Gasteiger partial charge on any atom is 0.279 e. The van der Waals surface area contributed by atoms with Crippen LogP contribution in [-0.4, -0.2) is 50.0 Å². The Morgan fingerprint density at radius 3 is 2.28 bits per heavy atom. The summed E-state index contributed by atoms with van der Waals surface area (Å²) in [5.74, 6) is -0.479. The topological polar surface area (TPSA) is 81.0 Å². The van der Waals surface area contributed by atoms with E-state index in [0.29, 0.717) is 52.2 Å². The Balaban J connectivity index is 1.94. The molecule has 2 aromatic carbocycles. The van der Waals surface area contributed by atoms with Crippen LogP contribution in [0.3, 0.4) is 0 Å². The van der Waals surface area contributed by atoms with Gasteiger partial charge in [-0.15, -0.1) is 0 Å². The van der Waals surface area contributed by atoms with Crippen molar-refractivity contribution in [1.29, 1.82) is 0 Å². The lowest BCUT2D eigenvalue weighted by Gasteiger charge is -2.22. The van der Waals surface area contributed by atoms with Gasteiger partial charge in [0.25, 0.3) is 5.91 Å². The van der Waals surface area contributed by atoms with Crippen LogP contribution in [0.25, 0.3) is 10.2 Å². The van der Waals surface area contributed by atoms with Crippen molar-refractivity contribution in [2.24, 2.45) is 4.99 Å². The highest BCUT2D eigenvalue weighted by atomic mass is 35.5. The van der Waals surface area contributed by atoms with Gasteiger partial charge in [0.2, 0.25) is 10.0 Å². The second kappa shape index (κ2) is 13.2. The molecule has 3 aromatic rings. The second-order valence-corrected chi connectivity index (χ2v) is 12.0. The number of unbranched alkanes of at least 4 members (excludes halogenated alkanes) is 2. The van der Waals surface area contributed by atoms with E-state index in [0.717, 1.165) is 30.4 Å². The fourth-order valence-electron chi connectivity index (χ4n) is 3.67. The van der Waals surface area contributed by atoms with E-state index in [4.69, 9.17) is 27.9 Å². The van der Waals surface area contributed by atoms with Crippen LogP contribution in [0.2, 0.25) is 10.0 Å². The molecular formula is C25H31Cl2N3O4S2. The van der Waals surface area contributed by atoms with Crippen molar-refractivity contribution >= 4 is 60.7 Å². The molecule has 0 saturated carbocycles. The van der Waals surface area contributed by atoms with Gasteiger partial charge in [-0.1, -0.05) is 61.2 Å². The average molecular weight is 573 g/mol. The van der Waals surface area contributed by atoms with Gasteiger partial charge >= 0.3 is 0 Å². The molecule has 11 heteroatoms. The minimum absolute atomic E-state index is 0.171. The van der Waals surface area contributed by atoms with Gasteiger partial charge in [0.15, 0.2) is 4.80 Å². The van der Waals surface area contributed by atoms with Crippen molar-refractivity contribution in [2.75, 3.05) is 26.8 Å². The van der Waals surface area contributed by atoms with Gasteiger partial charge in [-0.2, -0.15) is 9.30 Å². The van der Waals surface area contributed by atoms with Crippen LogP contribution in [0.15, 0.2) is 46.3 Å². The van der Waals surface area contributed by atoms with Crippen molar-refractivity contribution in [2.45, 2.75) is 51.0 Å². The number of halogens is 2. The monoisotopic (exact) mass is 571 g/mol. The number of hydrogen-bond donors (Lipinski definition) is 0. The number of thiazole rings is 1. The first kappa shape index (κ1) is 28.8. The summed E-state index contributed by atoms with van der Waals surface area (Å²) < 4.78 is 35.8. The van der Waals surface area contributed by atoms with Gasteiger partial charge in [-0.3, -0.25) is 4.79 Å². The Morgan fingerprint density at radius 1 is 1.06 bits per heavy atom. The number of amides is 1. The fourth-order valence-corrected chi connectivity index (χ4v) is 6.72. The molecule has 7 nitrogen and oxygen atoms in total. The molecule has 0 unspecified atom stereocenters. The third-order valence-corrected chi connectivity index (χ3v) is 9.46. The fraction of sp³-hybridized carbons (Fsp3) is 0.440. The third kappa shape index (κ3) is 6.57. The lowest BCUT2D eigenvalue weighted by atomic mass is 10.2. The molecule has 3 rings (SSSR count). The van der Waals surface area contributed by atoms with Gasteiger partial charge in [0.05, 0.1) is 31.8 Å². The summed E-state index contributed by atoms with van der Waals surface area (Å²) >= 11 is 14.0. The first-order valence-electron chi connectivity index (χ1n) is 11.9. The zero-order valence-electron chi connectivity index (χ0n) is 20.7. The number of fused-ring (bicyclic) bond motifs is 1. The Labute approximate surface area is 226 Å². The molecule has 0 bridgehead atoms. The van der Waals surface area contributed by atoms with Crippen LogP contribution >= 0.6 is 34.5 Å². The number of aromatic nitrogens is 1. The number of ether oxygens (including phenoxy) is 1. The highest BCUT2D eigenvalue weighted by Crippen LogP contribution is 2.32. The summed E-state index contributed by atoms with van der Waals surface area (Å²) in [7, 11) is -2.05. The van der Waals surface area contributed by atoms with Crippen molar-refractivity contribution < 1.29 is 17.9 Å². The van der Waals surface area contributed by atoms with Crippen LogP contribution in [0, 0.1) is 0 Å². The van der Waals surface area contributed by atoms with Crippen molar-refractivity contribution in [3.63, 3.8) is 0 Å². The molecule has 36 heavy (non-hydrogen) atoms. The van der Waals surface area contributed by atoms with Gasteiger partial charge in [0.1, 0.15) is 0 Å². The van der Waals surface area contributed by atoms with E-state index in [-0.39, 0.29) is 4.90 Å². The van der Waals surface area contributed by atoms with Crippen LogP contribution in [0.1, 0.15) is 49.9 Å². The minimum Gasteiger partial charge on any atom is -0.383 e. The molecule has 0 radical (unpaired) electrons. The summed E-state index contributed by atoms with van der Waals surface area (Å²) in [5.41, 5.74) is 0.987. The SMILES string of the molecule is CCCCN(CCCC)S(=O)(=O)c1ccc(C(=O)N=c2sc3ccc(Cl)c(Cl)c3n2CCOC)cc1. The molecule has 1 aromatic heterocycles. The Kier molecular flexibility index (Phi) is 10.5. The first-order chi connectivity index (χ1) is 17.2. The molecule has 0 aliphatic rings. The number of sulfonamides is 1. The highest BCUT2D eigenvalue weighted by Gasteiger charge is 2.24. The third-order valence-electron chi connectivity index (χ3n) is 5.71. The quantitative estimate of drug-likeness (QED) is 0.267. The van der Waals surface area contributed by atoms with Crippen LogP contribution in [0.5, 0.6) is 0 Å². The lowest BCUT2D eigenvalue weighted by molar-refractivity contribution is 0.0997. The second-order valence-electron chi connectivity index (χ2n) is 8.29. The summed E-state index contributed by atoms with van der Waals surface area (Å²) in [6.45, 7) is 5.86. The number of nitrogens with zero attached hydrogens (tertiary/aromatic N) is 3. The van der Waals surface area contributed by atoms with E-state index in [1.807, 2.05) is 24.5 Å². The average Bonchev–Trinajstić information content (AvgIpc) is 3.22. The summed E-state index contributed by atoms with van der Waals surface area (Å²) in [6.07, 6.45) is 3.41. The van der Waals surface area contributed by atoms with Gasteiger partial charge in [-0.25, -0.2) is 8.42 Å². The van der Waals surface area contributed by atoms with Crippen LogP contribution < -0.4 is 4.80 Å². The molecule has 0 aliphatic heterocycles. The molecule has 1 heterocycles. The molecule has 0 aliphatic carbocycles. The molecule has 0 spiro atoms. The molecule has 0 saturated heterocycles. The molecule has 0 fully saturated rings. The summed E-state index contributed by atoms with van der Waals surface area (Å²) in [4.78, 5) is 18.0. The smallest absolute Gasteiger partial charge is 0.279 e. The molecule has 1 amide bonds. The Hall–Kier alpha value is -1.75. The van der Waals surface area contributed by atoms with E-state index < -0.39 is 15.9 Å². The molecular weight excluding hydrogens is 541 g/mol. The zero-order valence-corrected chi connectivity index (χ0v) is 23.8. The highest BCUT2D eigenvalue weighted by molar-refractivity contribution is 7.89. The minimum atomic E-state index is -3.64. The number of methoxy groups -OCH3 is 1. The van der Waals surface area contributed by atoms with E-state index in [9.17, 15) is 13.2 Å². The maximum atomic E-state index is 13.2. The maximum absolute atomic E-state index is 13.2. The van der Waals surface area contributed by atoms with Crippen molar-refractivity contribution in [3.05, 3.63) is 56.8 Å². The van der Waals surface area contributed by atoms with Gasteiger partial charge < -0.3 is 9.30 Å². The van der Waals surface area contributed by atoms with Crippen molar-refractivity contribution in [3.8, 4) is 0 Å². The van der Waals surface area contributed by atoms with E-state index >= 15 is 0 Å².